The average Bonchev–Trinajstić information content (AvgIpc) is 3.99. The third-order valence-electron chi connectivity index (χ3n) is 10.2. The summed E-state index contributed by atoms with van der Waals surface area (Å²) in [6.45, 7) is 7.48. The largest absolute Gasteiger partial charge is 0.446 e. The Hall–Kier alpha value is -6.56. The Balaban J connectivity index is 0.000000186. The topological polar surface area (TPSA) is 306 Å². The summed E-state index contributed by atoms with van der Waals surface area (Å²) in [6, 6.07) is 12.1. The Morgan fingerprint density at radius 1 is 0.710 bits per heavy atom. The molecule has 0 radical (unpaired) electrons. The molecule has 8 rings (SSSR count). The zero-order chi connectivity index (χ0) is 44.3. The average molecular weight is 898 g/mol. The number of urea groups is 1. The monoisotopic (exact) mass is 897 g/mol. The van der Waals surface area contributed by atoms with E-state index in [1.165, 1.54) is 12.1 Å². The molecule has 9 N–H and O–H groups in total. The van der Waals surface area contributed by atoms with E-state index in [1.54, 1.807) is 30.3 Å². The molecule has 4 aromatic rings. The van der Waals surface area contributed by atoms with Gasteiger partial charge in [0.1, 0.15) is 17.1 Å². The number of benzene rings is 2. The van der Waals surface area contributed by atoms with Crippen LogP contribution in [-0.2, 0) is 29.5 Å². The lowest BCUT2D eigenvalue weighted by atomic mass is 10.0. The number of rotatable bonds is 10. The van der Waals surface area contributed by atoms with Gasteiger partial charge in [0, 0.05) is 47.4 Å². The number of sulfonamides is 2. The van der Waals surface area contributed by atoms with Crippen molar-refractivity contribution in [2.24, 2.45) is 0 Å². The first-order valence-electron chi connectivity index (χ1n) is 19.9. The molecule has 2 fully saturated rings. The van der Waals surface area contributed by atoms with Crippen LogP contribution >= 0.6 is 0 Å². The first-order valence-corrected chi connectivity index (χ1v) is 22.8. The number of carbonyl (C=O) groups is 4. The van der Waals surface area contributed by atoms with Gasteiger partial charge in [-0.1, -0.05) is 12.1 Å². The van der Waals surface area contributed by atoms with E-state index >= 15 is 0 Å². The van der Waals surface area contributed by atoms with Gasteiger partial charge >= 0.3 is 24.3 Å². The van der Waals surface area contributed by atoms with Gasteiger partial charge in [-0.2, -0.15) is 10.2 Å². The zero-order valence-electron chi connectivity index (χ0n) is 34.0. The Labute approximate surface area is 356 Å². The number of H-pyrrole nitrogens is 2. The minimum atomic E-state index is -4.06. The maximum Gasteiger partial charge on any atom is 0.426 e. The van der Waals surface area contributed by atoms with Gasteiger partial charge in [-0.3, -0.25) is 10.2 Å². The molecule has 2 aliphatic carbocycles. The number of fused-ring (bicyclic) bond motifs is 2. The smallest absolute Gasteiger partial charge is 0.426 e. The highest BCUT2D eigenvalue weighted by atomic mass is 32.2. The van der Waals surface area contributed by atoms with Crippen molar-refractivity contribution >= 4 is 73.1 Å². The molecule has 22 nitrogen and oxygen atoms in total. The van der Waals surface area contributed by atoms with Crippen LogP contribution in [0.25, 0.3) is 0 Å². The number of carbonyl (C=O) groups excluding carboxylic acids is 4. The summed E-state index contributed by atoms with van der Waals surface area (Å²) in [5.74, 6) is 1.08. The van der Waals surface area contributed by atoms with Gasteiger partial charge in [0.05, 0.1) is 17.1 Å². The summed E-state index contributed by atoms with van der Waals surface area (Å²) in [5.41, 5.74) is 2.45. The van der Waals surface area contributed by atoms with Crippen molar-refractivity contribution in [3.8, 4) is 5.75 Å². The van der Waals surface area contributed by atoms with E-state index in [0.29, 0.717) is 30.2 Å². The number of amides is 5. The Bertz CT molecular complexity index is 2400. The number of anilines is 5. The van der Waals surface area contributed by atoms with Crippen LogP contribution in [0.15, 0.2) is 58.3 Å². The number of alkyl carbamates (subject to hydrolysis) is 2. The van der Waals surface area contributed by atoms with Crippen LogP contribution < -0.4 is 40.8 Å². The van der Waals surface area contributed by atoms with Gasteiger partial charge in [0.25, 0.3) is 20.0 Å². The maximum atomic E-state index is 12.4. The highest BCUT2D eigenvalue weighted by Crippen LogP contribution is 2.40. The van der Waals surface area contributed by atoms with Crippen molar-refractivity contribution in [2.75, 3.05) is 16.0 Å². The number of ether oxygens (including phenoxy) is 3. The van der Waals surface area contributed by atoms with Crippen molar-refractivity contribution in [1.29, 1.82) is 0 Å². The molecule has 4 atom stereocenters. The van der Waals surface area contributed by atoms with E-state index in [2.05, 4.69) is 47.0 Å². The van der Waals surface area contributed by atoms with E-state index in [-0.39, 0.29) is 63.0 Å². The molecule has 2 aliphatic heterocycles. The number of aromatic nitrogens is 4. The summed E-state index contributed by atoms with van der Waals surface area (Å²) in [5, 5.41) is 28.3. The lowest BCUT2D eigenvalue weighted by molar-refractivity contribution is 0.0972. The second-order valence-corrected chi connectivity index (χ2v) is 18.9. The van der Waals surface area contributed by atoms with Crippen LogP contribution in [0, 0.1) is 0 Å². The third kappa shape index (κ3) is 10.3. The molecule has 4 heterocycles. The van der Waals surface area contributed by atoms with Gasteiger partial charge in [-0.05, 0) is 90.5 Å². The number of hydrogen-bond acceptors (Lipinski definition) is 15. The second-order valence-electron chi connectivity index (χ2n) is 15.7. The third-order valence-corrected chi connectivity index (χ3v) is 13.0. The minimum Gasteiger partial charge on any atom is -0.446 e. The van der Waals surface area contributed by atoms with Gasteiger partial charge in [0.15, 0.2) is 22.3 Å². The molecule has 0 unspecified atom stereocenters. The predicted octanol–water partition coefficient (Wildman–Crippen LogP) is 5.46. The maximum absolute atomic E-state index is 12.4. The highest BCUT2D eigenvalue weighted by molar-refractivity contribution is 7.90. The highest BCUT2D eigenvalue weighted by Gasteiger charge is 2.35. The second kappa shape index (κ2) is 17.8. The normalized spacial score (nSPS) is 21.7. The van der Waals surface area contributed by atoms with Crippen molar-refractivity contribution in [3.05, 3.63) is 59.9 Å². The molecule has 24 heteroatoms. The fourth-order valence-electron chi connectivity index (χ4n) is 7.59. The van der Waals surface area contributed by atoms with Crippen LogP contribution in [0.5, 0.6) is 5.75 Å². The first-order chi connectivity index (χ1) is 29.4. The van der Waals surface area contributed by atoms with Crippen LogP contribution in [0.3, 0.4) is 0 Å². The van der Waals surface area contributed by atoms with Crippen LogP contribution in [0.2, 0.25) is 0 Å². The van der Waals surface area contributed by atoms with Crippen molar-refractivity contribution in [3.63, 3.8) is 0 Å². The molecule has 0 spiro atoms. The molecule has 0 bridgehead atoms. The molecule has 2 saturated carbocycles. The number of hydrogen-bond donors (Lipinski definition) is 9. The Morgan fingerprint density at radius 2 is 1.21 bits per heavy atom. The van der Waals surface area contributed by atoms with Crippen molar-refractivity contribution < 1.29 is 50.2 Å². The van der Waals surface area contributed by atoms with E-state index in [1.807, 2.05) is 43.2 Å². The lowest BCUT2D eigenvalue weighted by Gasteiger charge is -2.21. The number of aromatic amines is 2. The zero-order valence-corrected chi connectivity index (χ0v) is 35.7. The van der Waals surface area contributed by atoms with Crippen molar-refractivity contribution in [2.45, 2.75) is 112 Å². The standard InChI is InChI=1S/C19H24N6O5S.C19H23N5O6S/c1-10(2)20-19(27)30-12-7-6-11(8-12)15-9-16(24-23-15)21-13-4-3-5-14-17(13)31(28,29)25-18(26)22-14;1-10(2)20-18(25)29-12-7-6-11(8-12)14-9-16(23-22-14)21-13-4-3-5-15-17(13)31(27,28)24-19(26)30-15/h3-5,9-12H,6-8H2,1-2H3,(H,20,27)(H2,21,23,24)(H2,22,25,26);3-5,9-12H,6-8H2,1-2H3,(H,20,25)(H,24,26)(H2,21,22,23)/t2*11-,12+/m00/s1. The summed E-state index contributed by atoms with van der Waals surface area (Å²) < 4.78 is 69.2. The molecule has 62 heavy (non-hydrogen) atoms. The Kier molecular flexibility index (Phi) is 12.5. The first kappa shape index (κ1) is 43.5. The summed E-state index contributed by atoms with van der Waals surface area (Å²) in [4.78, 5) is 46.3. The molecule has 5 amide bonds. The van der Waals surface area contributed by atoms with Crippen LogP contribution in [0.4, 0.5) is 47.9 Å². The molecule has 2 aromatic heterocycles. The predicted molar refractivity (Wildman–Crippen MR) is 223 cm³/mol. The lowest BCUT2D eigenvalue weighted by Crippen LogP contribution is -2.39. The van der Waals surface area contributed by atoms with Crippen LogP contribution in [-0.4, -0.2) is 85.8 Å². The molecule has 332 valence electrons. The summed E-state index contributed by atoms with van der Waals surface area (Å²) in [6.07, 6.45) is 2.31. The fraction of sp³-hybridized carbons (Fsp3) is 0.421. The van der Waals surface area contributed by atoms with Gasteiger partial charge in [0.2, 0.25) is 0 Å². The summed E-state index contributed by atoms with van der Waals surface area (Å²) >= 11 is 0. The Morgan fingerprint density at radius 3 is 1.74 bits per heavy atom. The van der Waals surface area contributed by atoms with E-state index < -0.39 is 44.4 Å². The molecule has 0 saturated heterocycles. The quantitative estimate of drug-likeness (QED) is 0.0954. The van der Waals surface area contributed by atoms with Gasteiger partial charge in [-0.25, -0.2) is 45.5 Å². The molecular weight excluding hydrogens is 851 g/mol. The minimum absolute atomic E-state index is 0.0113. The van der Waals surface area contributed by atoms with E-state index in [9.17, 15) is 36.0 Å². The molecular formula is C38H47N11O11S2. The number of nitrogens with zero attached hydrogens (tertiary/aromatic N) is 2. The number of nitrogens with one attached hydrogen (secondary N) is 9. The molecule has 4 aliphatic rings. The van der Waals surface area contributed by atoms with E-state index in [4.69, 9.17) is 14.2 Å². The van der Waals surface area contributed by atoms with Gasteiger partial charge in [-0.15, -0.1) is 0 Å². The fourth-order valence-corrected chi connectivity index (χ4v) is 9.96. The van der Waals surface area contributed by atoms with Crippen LogP contribution in [0.1, 0.15) is 89.4 Å². The van der Waals surface area contributed by atoms with Gasteiger partial charge < -0.3 is 40.8 Å². The molecule has 2 aromatic carbocycles. The summed E-state index contributed by atoms with van der Waals surface area (Å²) in [7, 11) is -8.05. The van der Waals surface area contributed by atoms with E-state index in [0.717, 1.165) is 37.1 Å². The van der Waals surface area contributed by atoms with Crippen molar-refractivity contribution in [1.82, 2.24) is 40.5 Å². The SMILES string of the molecule is CC(C)NC(=O)O[C@@H]1CC[C@H](c2cc(Nc3cccc4c3S(=O)(=O)NC(=O)N4)n[nH]2)C1.CC(C)NC(=O)O[C@@H]1CC[C@H](c2cc(Nc3cccc4c3S(=O)(=O)NC(=O)O4)n[nH]2)C1.